The zero-order valence-corrected chi connectivity index (χ0v) is 12.3. The van der Waals surface area contributed by atoms with Crippen molar-refractivity contribution < 1.29 is 4.74 Å². The Morgan fingerprint density at radius 2 is 1.95 bits per heavy atom. The summed E-state index contributed by atoms with van der Waals surface area (Å²) < 4.78 is 5.70. The van der Waals surface area contributed by atoms with Gasteiger partial charge in [-0.15, -0.1) is 0 Å². The zero-order chi connectivity index (χ0) is 13.5. The third-order valence-corrected chi connectivity index (χ3v) is 4.00. The second-order valence-corrected chi connectivity index (χ2v) is 5.48. The molecule has 0 aliphatic heterocycles. The van der Waals surface area contributed by atoms with Gasteiger partial charge in [0.15, 0.2) is 0 Å². The fourth-order valence-electron chi connectivity index (χ4n) is 2.61. The van der Waals surface area contributed by atoms with Crippen LogP contribution in [-0.2, 0) is 4.74 Å². The van der Waals surface area contributed by atoms with Crippen LogP contribution in [0.2, 0.25) is 0 Å². The summed E-state index contributed by atoms with van der Waals surface area (Å²) in [4.78, 5) is 0. The van der Waals surface area contributed by atoms with Gasteiger partial charge in [0, 0.05) is 6.61 Å². The van der Waals surface area contributed by atoms with Gasteiger partial charge in [-0.05, 0) is 42.9 Å². The van der Waals surface area contributed by atoms with Gasteiger partial charge in [0.25, 0.3) is 0 Å². The van der Waals surface area contributed by atoms with Crippen molar-refractivity contribution >= 4 is 0 Å². The molecule has 2 heteroatoms. The van der Waals surface area contributed by atoms with Gasteiger partial charge in [-0.25, -0.2) is 0 Å². The first-order chi connectivity index (χ1) is 9.35. The maximum Gasteiger partial charge on any atom is 0.0661 e. The van der Waals surface area contributed by atoms with E-state index in [1.807, 2.05) is 0 Å². The van der Waals surface area contributed by atoms with Gasteiger partial charge in [-0.3, -0.25) is 0 Å². The molecule has 0 heterocycles. The molecule has 1 aliphatic rings. The Balaban J connectivity index is 1.95. The summed E-state index contributed by atoms with van der Waals surface area (Å²) in [6.45, 7) is 6.89. The average Bonchev–Trinajstić information content (AvgIpc) is 2.37. The summed E-state index contributed by atoms with van der Waals surface area (Å²) in [6, 6.07) is 9.49. The number of hydrogen-bond acceptors (Lipinski definition) is 2. The van der Waals surface area contributed by atoms with Crippen molar-refractivity contribution in [1.29, 1.82) is 0 Å². The summed E-state index contributed by atoms with van der Waals surface area (Å²) in [6.07, 6.45) is 5.22. The van der Waals surface area contributed by atoms with E-state index in [1.165, 1.54) is 30.4 Å². The topological polar surface area (TPSA) is 21.3 Å². The number of nitrogens with one attached hydrogen (secondary N) is 1. The molecule has 19 heavy (non-hydrogen) atoms. The Morgan fingerprint density at radius 3 is 2.47 bits per heavy atom. The summed E-state index contributed by atoms with van der Waals surface area (Å²) in [5, 5.41) is 3.51. The SMILES string of the molecule is CCCOCC(NCC)c1ccc(C2CCC2)cc1. The summed E-state index contributed by atoms with van der Waals surface area (Å²) in [5.74, 6) is 0.822. The van der Waals surface area contributed by atoms with E-state index in [4.69, 9.17) is 4.74 Å². The largest absolute Gasteiger partial charge is 0.379 e. The van der Waals surface area contributed by atoms with Crippen molar-refractivity contribution in [2.24, 2.45) is 0 Å². The highest BCUT2D eigenvalue weighted by molar-refractivity contribution is 5.28. The van der Waals surface area contributed by atoms with Crippen molar-refractivity contribution in [1.82, 2.24) is 5.32 Å². The minimum atomic E-state index is 0.326. The Labute approximate surface area is 117 Å². The molecular formula is C17H27NO. The maximum absolute atomic E-state index is 5.70. The lowest BCUT2D eigenvalue weighted by molar-refractivity contribution is 0.112. The molecule has 1 fully saturated rings. The van der Waals surface area contributed by atoms with E-state index in [2.05, 4.69) is 43.4 Å². The highest BCUT2D eigenvalue weighted by Crippen LogP contribution is 2.36. The molecule has 1 aliphatic carbocycles. The van der Waals surface area contributed by atoms with E-state index in [0.29, 0.717) is 6.04 Å². The second kappa shape index (κ2) is 7.66. The number of rotatable bonds is 8. The van der Waals surface area contributed by atoms with Gasteiger partial charge in [0.2, 0.25) is 0 Å². The highest BCUT2D eigenvalue weighted by Gasteiger charge is 2.19. The molecular weight excluding hydrogens is 234 g/mol. The molecule has 2 nitrogen and oxygen atoms in total. The lowest BCUT2D eigenvalue weighted by Gasteiger charge is -2.26. The Morgan fingerprint density at radius 1 is 1.21 bits per heavy atom. The summed E-state index contributed by atoms with van der Waals surface area (Å²) in [7, 11) is 0. The predicted molar refractivity (Wildman–Crippen MR) is 80.6 cm³/mol. The van der Waals surface area contributed by atoms with Crippen LogP contribution in [0.5, 0.6) is 0 Å². The molecule has 0 aromatic heterocycles. The van der Waals surface area contributed by atoms with Gasteiger partial charge in [-0.1, -0.05) is 44.5 Å². The lowest BCUT2D eigenvalue weighted by atomic mass is 9.80. The molecule has 0 spiro atoms. The third-order valence-electron chi connectivity index (χ3n) is 4.00. The third kappa shape index (κ3) is 4.05. The smallest absolute Gasteiger partial charge is 0.0661 e. The molecule has 1 N–H and O–H groups in total. The van der Waals surface area contributed by atoms with E-state index < -0.39 is 0 Å². The number of hydrogen-bond donors (Lipinski definition) is 1. The van der Waals surface area contributed by atoms with Crippen LogP contribution in [0.25, 0.3) is 0 Å². The molecule has 1 aromatic rings. The molecule has 0 bridgehead atoms. The van der Waals surface area contributed by atoms with Crippen molar-refractivity contribution in [3.05, 3.63) is 35.4 Å². The molecule has 106 valence electrons. The standard InChI is InChI=1S/C17H27NO/c1-3-12-19-13-17(18-4-2)16-10-8-15(9-11-16)14-6-5-7-14/h8-11,14,17-18H,3-7,12-13H2,1-2H3. The molecule has 1 atom stereocenters. The monoisotopic (exact) mass is 261 g/mol. The van der Waals surface area contributed by atoms with E-state index in [-0.39, 0.29) is 0 Å². The number of ether oxygens (including phenoxy) is 1. The molecule has 0 radical (unpaired) electrons. The normalized spacial score (nSPS) is 17.2. The summed E-state index contributed by atoms with van der Waals surface area (Å²) in [5.41, 5.74) is 2.86. The van der Waals surface area contributed by atoms with Crippen molar-refractivity contribution in [3.63, 3.8) is 0 Å². The van der Waals surface area contributed by atoms with Gasteiger partial charge < -0.3 is 10.1 Å². The molecule has 1 unspecified atom stereocenters. The Bertz CT molecular complexity index is 356. The molecule has 1 saturated carbocycles. The quantitative estimate of drug-likeness (QED) is 0.713. The van der Waals surface area contributed by atoms with Crippen LogP contribution in [0, 0.1) is 0 Å². The number of likely N-dealkylation sites (N-methyl/N-ethyl adjacent to an activating group) is 1. The molecule has 2 rings (SSSR count). The van der Waals surface area contributed by atoms with Gasteiger partial charge in [0.1, 0.15) is 0 Å². The maximum atomic E-state index is 5.70. The minimum Gasteiger partial charge on any atom is -0.379 e. The van der Waals surface area contributed by atoms with Gasteiger partial charge in [-0.2, -0.15) is 0 Å². The van der Waals surface area contributed by atoms with Crippen LogP contribution in [0.4, 0.5) is 0 Å². The van der Waals surface area contributed by atoms with Crippen LogP contribution < -0.4 is 5.32 Å². The van der Waals surface area contributed by atoms with Crippen molar-refractivity contribution in [2.75, 3.05) is 19.8 Å². The number of benzene rings is 1. The summed E-state index contributed by atoms with van der Waals surface area (Å²) >= 11 is 0. The Kier molecular flexibility index (Phi) is 5.87. The van der Waals surface area contributed by atoms with Gasteiger partial charge in [0.05, 0.1) is 12.6 Å². The van der Waals surface area contributed by atoms with E-state index in [9.17, 15) is 0 Å². The van der Waals surface area contributed by atoms with Crippen molar-refractivity contribution in [3.8, 4) is 0 Å². The Hall–Kier alpha value is -0.860. The molecule has 0 saturated heterocycles. The fraction of sp³-hybridized carbons (Fsp3) is 0.647. The molecule has 0 amide bonds. The van der Waals surface area contributed by atoms with Crippen molar-refractivity contribution in [2.45, 2.75) is 51.5 Å². The first kappa shape index (κ1) is 14.5. The molecule has 1 aromatic carbocycles. The van der Waals surface area contributed by atoms with E-state index in [1.54, 1.807) is 0 Å². The van der Waals surface area contributed by atoms with Crippen LogP contribution in [-0.4, -0.2) is 19.8 Å². The first-order valence-corrected chi connectivity index (χ1v) is 7.76. The van der Waals surface area contributed by atoms with E-state index >= 15 is 0 Å². The fourth-order valence-corrected chi connectivity index (χ4v) is 2.61. The predicted octanol–water partition coefficient (Wildman–Crippen LogP) is 4.03. The van der Waals surface area contributed by atoms with Crippen LogP contribution in [0.1, 0.15) is 62.6 Å². The van der Waals surface area contributed by atoms with Crippen LogP contribution in [0.15, 0.2) is 24.3 Å². The first-order valence-electron chi connectivity index (χ1n) is 7.76. The van der Waals surface area contributed by atoms with Crippen LogP contribution >= 0.6 is 0 Å². The van der Waals surface area contributed by atoms with Crippen LogP contribution in [0.3, 0.4) is 0 Å². The zero-order valence-electron chi connectivity index (χ0n) is 12.3. The average molecular weight is 261 g/mol. The van der Waals surface area contributed by atoms with Gasteiger partial charge >= 0.3 is 0 Å². The second-order valence-electron chi connectivity index (χ2n) is 5.48. The lowest BCUT2D eigenvalue weighted by Crippen LogP contribution is -2.25. The van der Waals surface area contributed by atoms with E-state index in [0.717, 1.165) is 32.1 Å². The minimum absolute atomic E-state index is 0.326. The highest BCUT2D eigenvalue weighted by atomic mass is 16.5.